The fraction of sp³-hybridized carbons (Fsp3) is 0.167. The zero-order valence-electron chi connectivity index (χ0n) is 10.7. The number of rotatable bonds is 5. The van der Waals surface area contributed by atoms with Gasteiger partial charge in [0, 0.05) is 5.57 Å². The molecule has 0 saturated carbocycles. The largest absolute Gasteiger partial charge is 0.481 e. The van der Waals surface area contributed by atoms with Gasteiger partial charge in [0.25, 0.3) is 0 Å². The van der Waals surface area contributed by atoms with Crippen molar-refractivity contribution in [1.29, 1.82) is 0 Å². The van der Waals surface area contributed by atoms with Gasteiger partial charge in [-0.25, -0.2) is 26.7 Å². The molecule has 0 spiro atoms. The third kappa shape index (κ3) is 3.60. The summed E-state index contributed by atoms with van der Waals surface area (Å²) in [6.07, 6.45) is -6.41. The van der Waals surface area contributed by atoms with Gasteiger partial charge in [0.1, 0.15) is 5.56 Å². The molecule has 0 radical (unpaired) electrons. The highest BCUT2D eigenvalue weighted by molar-refractivity contribution is 5.93. The van der Waals surface area contributed by atoms with Crippen LogP contribution in [0.25, 0.3) is 0 Å². The number of carboxylic acids is 1. The predicted octanol–water partition coefficient (Wildman–Crippen LogP) is 3.01. The first-order valence-electron chi connectivity index (χ1n) is 5.42. The van der Waals surface area contributed by atoms with E-state index in [2.05, 4.69) is 11.3 Å². The van der Waals surface area contributed by atoms with Crippen LogP contribution in [0.2, 0.25) is 0 Å². The van der Waals surface area contributed by atoms with E-state index in [1.807, 2.05) is 0 Å². The Morgan fingerprint density at radius 3 is 1.74 bits per heavy atom. The maximum atomic E-state index is 13.6. The summed E-state index contributed by atoms with van der Waals surface area (Å²) >= 11 is 0. The van der Waals surface area contributed by atoms with Crippen molar-refractivity contribution < 1.29 is 50.2 Å². The Kier molecular flexibility index (Phi) is 5.03. The Morgan fingerprint density at radius 1 is 0.957 bits per heavy atom. The highest BCUT2D eigenvalue weighted by Gasteiger charge is 2.46. The van der Waals surface area contributed by atoms with Crippen molar-refractivity contribution in [3.8, 4) is 0 Å². The number of carboxylic acid groups (broad SMARTS) is 1. The maximum absolute atomic E-state index is 13.6. The molecule has 0 aromatic heterocycles. The molecule has 0 aliphatic carbocycles. The molecule has 1 rings (SSSR count). The molecule has 0 saturated heterocycles. The summed E-state index contributed by atoms with van der Waals surface area (Å²) < 4.78 is 95.4. The zero-order chi connectivity index (χ0) is 18.1. The van der Waals surface area contributed by atoms with Crippen LogP contribution in [0, 0.1) is 29.1 Å². The van der Waals surface area contributed by atoms with Gasteiger partial charge in [-0.05, 0) is 0 Å². The normalized spacial score (nSPS) is 11.3. The monoisotopic (exact) mass is 346 g/mol. The molecule has 0 unspecified atom stereocenters. The minimum atomic E-state index is -5.26. The van der Waals surface area contributed by atoms with E-state index in [1.165, 1.54) is 0 Å². The highest BCUT2D eigenvalue weighted by Crippen LogP contribution is 2.37. The Bertz CT molecular complexity index is 670. The van der Waals surface area contributed by atoms with Crippen LogP contribution in [-0.2, 0) is 20.4 Å². The molecule has 1 N–H and O–H groups in total. The van der Waals surface area contributed by atoms with E-state index in [0.29, 0.717) is 0 Å². The van der Waals surface area contributed by atoms with Gasteiger partial charge in [-0.1, -0.05) is 6.58 Å². The topological polar surface area (TPSA) is 63.6 Å². The van der Waals surface area contributed by atoms with Gasteiger partial charge in [0.05, 0.1) is 6.42 Å². The lowest BCUT2D eigenvalue weighted by atomic mass is 10.1. The molecular weight excluding hydrogens is 341 g/mol. The van der Waals surface area contributed by atoms with E-state index >= 15 is 0 Å². The van der Waals surface area contributed by atoms with Crippen LogP contribution in [0.3, 0.4) is 0 Å². The zero-order valence-corrected chi connectivity index (χ0v) is 10.7. The Labute approximate surface area is 122 Å². The quantitative estimate of drug-likeness (QED) is 0.293. The SMILES string of the molecule is C=C(CC(=O)O)C(=O)OC(F)(F)c1c(F)c(F)c(F)c(F)c1F. The summed E-state index contributed by atoms with van der Waals surface area (Å²) in [6.45, 7) is 2.78. The van der Waals surface area contributed by atoms with Gasteiger partial charge < -0.3 is 9.84 Å². The number of hydrogen-bond donors (Lipinski definition) is 1. The molecule has 0 amide bonds. The van der Waals surface area contributed by atoms with Crippen LogP contribution >= 0.6 is 0 Å². The van der Waals surface area contributed by atoms with Gasteiger partial charge >= 0.3 is 18.0 Å². The van der Waals surface area contributed by atoms with Crippen molar-refractivity contribution in [3.05, 3.63) is 46.8 Å². The van der Waals surface area contributed by atoms with Crippen LogP contribution < -0.4 is 0 Å². The molecule has 0 atom stereocenters. The molecule has 1 aromatic rings. The van der Waals surface area contributed by atoms with Crippen molar-refractivity contribution in [3.63, 3.8) is 0 Å². The molecule has 0 bridgehead atoms. The molecule has 4 nitrogen and oxygen atoms in total. The number of hydrogen-bond acceptors (Lipinski definition) is 3. The number of carbonyl (C=O) groups excluding carboxylic acids is 1. The molecule has 1 aromatic carbocycles. The molecule has 0 heterocycles. The summed E-state index contributed by atoms with van der Waals surface area (Å²) in [5.74, 6) is -17.6. The van der Waals surface area contributed by atoms with E-state index in [1.54, 1.807) is 0 Å². The van der Waals surface area contributed by atoms with Gasteiger partial charge in [0.2, 0.25) is 5.82 Å². The fourth-order valence-electron chi connectivity index (χ4n) is 1.35. The van der Waals surface area contributed by atoms with Crippen LogP contribution in [0.4, 0.5) is 30.7 Å². The van der Waals surface area contributed by atoms with Crippen LogP contribution in [0.1, 0.15) is 12.0 Å². The van der Waals surface area contributed by atoms with Crippen LogP contribution in [-0.4, -0.2) is 17.0 Å². The van der Waals surface area contributed by atoms with Crippen molar-refractivity contribution >= 4 is 11.9 Å². The maximum Gasteiger partial charge on any atom is 0.434 e. The van der Waals surface area contributed by atoms with E-state index in [4.69, 9.17) is 5.11 Å². The summed E-state index contributed by atoms with van der Waals surface area (Å²) in [5, 5.41) is 8.32. The molecule has 0 aliphatic rings. The number of aliphatic carboxylic acids is 1. The number of benzene rings is 1. The summed E-state index contributed by atoms with van der Waals surface area (Å²) in [5.41, 5.74) is -3.73. The first-order chi connectivity index (χ1) is 10.4. The lowest BCUT2D eigenvalue weighted by Gasteiger charge is -2.19. The van der Waals surface area contributed by atoms with E-state index in [9.17, 15) is 40.3 Å². The molecule has 0 fully saturated rings. The third-order valence-electron chi connectivity index (χ3n) is 2.38. The summed E-state index contributed by atoms with van der Waals surface area (Å²) in [4.78, 5) is 21.4. The van der Waals surface area contributed by atoms with Crippen molar-refractivity contribution in [2.75, 3.05) is 0 Å². The van der Waals surface area contributed by atoms with Crippen molar-refractivity contribution in [2.45, 2.75) is 12.5 Å². The minimum absolute atomic E-state index is 1.04. The number of ether oxygens (including phenoxy) is 1. The highest BCUT2D eigenvalue weighted by atomic mass is 19.3. The Hall–Kier alpha value is -2.59. The Morgan fingerprint density at radius 2 is 1.35 bits per heavy atom. The van der Waals surface area contributed by atoms with E-state index < -0.39 is 64.7 Å². The molecule has 11 heteroatoms. The second-order valence-electron chi connectivity index (χ2n) is 4.03. The molecule has 23 heavy (non-hydrogen) atoms. The van der Waals surface area contributed by atoms with Crippen molar-refractivity contribution in [1.82, 2.24) is 0 Å². The smallest absolute Gasteiger partial charge is 0.434 e. The lowest BCUT2D eigenvalue weighted by molar-refractivity contribution is -0.239. The lowest BCUT2D eigenvalue weighted by Crippen LogP contribution is -2.28. The summed E-state index contributed by atoms with van der Waals surface area (Å²) in [7, 11) is 0. The first kappa shape index (κ1) is 18.5. The van der Waals surface area contributed by atoms with Gasteiger partial charge in [0.15, 0.2) is 23.3 Å². The Balaban J connectivity index is 3.27. The fourth-order valence-corrected chi connectivity index (χ4v) is 1.35. The van der Waals surface area contributed by atoms with Gasteiger partial charge in [-0.15, -0.1) is 0 Å². The predicted molar refractivity (Wildman–Crippen MR) is 57.6 cm³/mol. The van der Waals surface area contributed by atoms with Crippen LogP contribution in [0.15, 0.2) is 12.2 Å². The number of esters is 1. The second-order valence-corrected chi connectivity index (χ2v) is 4.03. The third-order valence-corrected chi connectivity index (χ3v) is 2.38. The average Bonchev–Trinajstić information content (AvgIpc) is 2.41. The summed E-state index contributed by atoms with van der Waals surface area (Å²) in [6, 6.07) is 0. The van der Waals surface area contributed by atoms with Crippen LogP contribution in [0.5, 0.6) is 0 Å². The standard InChI is InChI=1S/C12H5F7O4/c1-3(2-4(20)21)11(22)23-12(18,19)5-6(13)8(15)10(17)9(16)7(5)14/h1-2H2,(H,20,21). The molecule has 126 valence electrons. The number of alkyl halides is 2. The minimum Gasteiger partial charge on any atom is -0.481 e. The second kappa shape index (κ2) is 6.26. The first-order valence-corrected chi connectivity index (χ1v) is 5.42. The van der Waals surface area contributed by atoms with E-state index in [0.717, 1.165) is 0 Å². The van der Waals surface area contributed by atoms with Gasteiger partial charge in [-0.2, -0.15) is 8.78 Å². The van der Waals surface area contributed by atoms with Gasteiger partial charge in [-0.3, -0.25) is 4.79 Å². The molecule has 0 aliphatic heterocycles. The number of carbonyl (C=O) groups is 2. The van der Waals surface area contributed by atoms with Crippen molar-refractivity contribution in [2.24, 2.45) is 0 Å². The molecular formula is C12H5F7O4. The number of halogens is 7. The van der Waals surface area contributed by atoms with E-state index in [-0.39, 0.29) is 0 Å². The average molecular weight is 346 g/mol.